The van der Waals surface area contributed by atoms with E-state index >= 15 is 4.39 Å². The number of hydrogen-bond acceptors (Lipinski definition) is 8. The Morgan fingerprint density at radius 3 is 2.60 bits per heavy atom. The van der Waals surface area contributed by atoms with Crippen molar-refractivity contribution in [3.05, 3.63) is 35.5 Å². The van der Waals surface area contributed by atoms with Gasteiger partial charge in [-0.2, -0.15) is 15.1 Å². The quantitative estimate of drug-likeness (QED) is 0.592. The molecule has 3 aromatic rings. The molecule has 3 aliphatic rings. The van der Waals surface area contributed by atoms with E-state index in [0.29, 0.717) is 50.5 Å². The second kappa shape index (κ2) is 8.39. The number of benzene rings is 1. The molecule has 0 spiro atoms. The van der Waals surface area contributed by atoms with Crippen LogP contribution in [0.5, 0.6) is 6.01 Å². The number of methoxy groups -OCH3 is 1. The van der Waals surface area contributed by atoms with Crippen molar-refractivity contribution < 1.29 is 19.0 Å². The van der Waals surface area contributed by atoms with Crippen LogP contribution < -0.4 is 9.64 Å². The predicted octanol–water partition coefficient (Wildman–Crippen LogP) is 2.23. The molecule has 2 atom stereocenters. The molecule has 10 heteroatoms. The second-order valence-corrected chi connectivity index (χ2v) is 10.3. The molecule has 1 N–H and O–H groups in total. The van der Waals surface area contributed by atoms with E-state index in [0.717, 1.165) is 35.0 Å². The number of halogens is 1. The maximum atomic E-state index is 15.4. The molecule has 2 aromatic heterocycles. The summed E-state index contributed by atoms with van der Waals surface area (Å²) in [5, 5.41) is 15.7. The molecule has 6 rings (SSSR count). The largest absolute Gasteiger partial charge is 0.467 e. The Hall–Kier alpha value is -2.82. The van der Waals surface area contributed by atoms with E-state index in [-0.39, 0.29) is 11.9 Å². The molecular formula is C25H31FN6O3. The van der Waals surface area contributed by atoms with Crippen LogP contribution in [-0.4, -0.2) is 94.1 Å². The molecule has 3 saturated heterocycles. The number of aromatic nitrogens is 4. The van der Waals surface area contributed by atoms with Crippen LogP contribution in [0.3, 0.4) is 0 Å². The highest BCUT2D eigenvalue weighted by atomic mass is 19.1. The lowest BCUT2D eigenvalue weighted by atomic mass is 9.84. The Bertz CT molecular complexity index is 1250. The lowest BCUT2D eigenvalue weighted by Crippen LogP contribution is -2.60. The van der Waals surface area contributed by atoms with E-state index in [9.17, 15) is 5.11 Å². The third-order valence-electron chi connectivity index (χ3n) is 7.53. The summed E-state index contributed by atoms with van der Waals surface area (Å²) in [4.78, 5) is 13.2. The molecule has 0 unspecified atom stereocenters. The van der Waals surface area contributed by atoms with Crippen molar-refractivity contribution in [2.24, 2.45) is 0 Å². The fraction of sp³-hybridized carbons (Fsp3) is 0.560. The lowest BCUT2D eigenvalue weighted by molar-refractivity contribution is -0.0807. The fourth-order valence-corrected chi connectivity index (χ4v) is 5.53. The number of alkyl halides is 1. The van der Waals surface area contributed by atoms with Crippen LogP contribution >= 0.6 is 0 Å². The van der Waals surface area contributed by atoms with Crippen LogP contribution in [0.15, 0.2) is 24.4 Å². The summed E-state index contributed by atoms with van der Waals surface area (Å²) >= 11 is 0. The molecule has 5 heterocycles. The summed E-state index contributed by atoms with van der Waals surface area (Å²) in [7, 11) is 1.53. The average Bonchev–Trinajstić information content (AvgIpc) is 3.18. The van der Waals surface area contributed by atoms with E-state index in [1.165, 1.54) is 7.11 Å². The standard InChI is InChI=1S/C25H31FN6O3/c1-15-6-16-9-27-32(23-8-22(28-24(29-23)34-3)31-13-25(2,33)14-31)21(16)7-19(15)18-4-5-30(10-20(18)26)17-11-35-12-17/h6-9,17-18,20,33H,4-5,10-14H2,1-3H3/t18-,20-/m1/s1. The van der Waals surface area contributed by atoms with E-state index in [2.05, 4.69) is 32.1 Å². The Labute approximate surface area is 203 Å². The zero-order valence-corrected chi connectivity index (χ0v) is 20.3. The van der Waals surface area contributed by atoms with Crippen molar-refractivity contribution in [2.45, 2.75) is 44.0 Å². The minimum Gasteiger partial charge on any atom is -0.467 e. The molecular weight excluding hydrogens is 451 g/mol. The van der Waals surface area contributed by atoms with Gasteiger partial charge in [0, 0.05) is 37.0 Å². The third kappa shape index (κ3) is 4.03. The lowest BCUT2D eigenvalue weighted by Gasteiger charge is -2.44. The van der Waals surface area contributed by atoms with Gasteiger partial charge in [0.1, 0.15) is 12.0 Å². The molecule has 0 saturated carbocycles. The van der Waals surface area contributed by atoms with Gasteiger partial charge < -0.3 is 19.5 Å². The zero-order chi connectivity index (χ0) is 24.3. The molecule has 1 aromatic carbocycles. The van der Waals surface area contributed by atoms with Crippen LogP contribution in [0, 0.1) is 6.92 Å². The Balaban J connectivity index is 1.34. The number of anilines is 1. The number of β-amino-alcohol motifs (C(OH)–C–C–N with tert-alkyl or cyclic N) is 1. The van der Waals surface area contributed by atoms with Crippen molar-refractivity contribution in [3.63, 3.8) is 0 Å². The van der Waals surface area contributed by atoms with Gasteiger partial charge in [0.2, 0.25) is 0 Å². The molecule has 3 aliphatic heterocycles. The van der Waals surface area contributed by atoms with Gasteiger partial charge >= 0.3 is 6.01 Å². The topological polar surface area (TPSA) is 88.8 Å². The first-order chi connectivity index (χ1) is 16.8. The number of rotatable bonds is 5. The number of likely N-dealkylation sites (tertiary alicyclic amines) is 1. The van der Waals surface area contributed by atoms with Gasteiger partial charge in [0.25, 0.3) is 0 Å². The van der Waals surface area contributed by atoms with Crippen molar-refractivity contribution in [2.75, 3.05) is 51.4 Å². The number of hydrogen-bond donors (Lipinski definition) is 1. The minimum atomic E-state index is -0.929. The summed E-state index contributed by atoms with van der Waals surface area (Å²) in [6.07, 6.45) is 1.65. The number of aryl methyl sites for hydroxylation is 1. The summed E-state index contributed by atoms with van der Waals surface area (Å²) in [5.74, 6) is 1.09. The maximum Gasteiger partial charge on any atom is 0.320 e. The van der Waals surface area contributed by atoms with Gasteiger partial charge in [-0.1, -0.05) is 0 Å². The number of fused-ring (bicyclic) bond motifs is 1. The Kier molecular flexibility index (Phi) is 5.43. The fourth-order valence-electron chi connectivity index (χ4n) is 5.53. The predicted molar refractivity (Wildman–Crippen MR) is 129 cm³/mol. The van der Waals surface area contributed by atoms with Crippen molar-refractivity contribution in [1.29, 1.82) is 0 Å². The van der Waals surface area contributed by atoms with Gasteiger partial charge in [-0.15, -0.1) is 0 Å². The number of ether oxygens (including phenoxy) is 2. The van der Waals surface area contributed by atoms with Gasteiger partial charge in [0.05, 0.1) is 43.7 Å². The molecule has 0 radical (unpaired) electrons. The molecule has 0 aliphatic carbocycles. The summed E-state index contributed by atoms with van der Waals surface area (Å²) in [5.41, 5.74) is 2.24. The number of piperidine rings is 1. The number of aliphatic hydroxyl groups is 1. The van der Waals surface area contributed by atoms with Crippen molar-refractivity contribution in [1.82, 2.24) is 24.6 Å². The van der Waals surface area contributed by atoms with Crippen LogP contribution in [-0.2, 0) is 4.74 Å². The highest BCUT2D eigenvalue weighted by molar-refractivity contribution is 5.82. The summed E-state index contributed by atoms with van der Waals surface area (Å²) < 4.78 is 27.8. The molecule has 9 nitrogen and oxygen atoms in total. The van der Waals surface area contributed by atoms with E-state index < -0.39 is 11.8 Å². The van der Waals surface area contributed by atoms with Gasteiger partial charge in [-0.25, -0.2) is 9.07 Å². The molecule has 3 fully saturated rings. The molecule has 186 valence electrons. The Morgan fingerprint density at radius 2 is 1.94 bits per heavy atom. The zero-order valence-electron chi connectivity index (χ0n) is 20.3. The monoisotopic (exact) mass is 482 g/mol. The van der Waals surface area contributed by atoms with Crippen LogP contribution in [0.25, 0.3) is 16.7 Å². The first kappa shape index (κ1) is 22.6. The average molecular weight is 483 g/mol. The third-order valence-corrected chi connectivity index (χ3v) is 7.53. The van der Waals surface area contributed by atoms with Crippen LogP contribution in [0.4, 0.5) is 10.2 Å². The second-order valence-electron chi connectivity index (χ2n) is 10.3. The maximum absolute atomic E-state index is 15.4. The molecule has 0 bridgehead atoms. The van der Waals surface area contributed by atoms with E-state index in [1.807, 2.05) is 17.9 Å². The van der Waals surface area contributed by atoms with E-state index in [1.54, 1.807) is 17.8 Å². The van der Waals surface area contributed by atoms with E-state index in [4.69, 9.17) is 9.47 Å². The van der Waals surface area contributed by atoms with Crippen molar-refractivity contribution in [3.8, 4) is 11.8 Å². The van der Waals surface area contributed by atoms with Gasteiger partial charge in [-0.3, -0.25) is 4.90 Å². The first-order valence-corrected chi connectivity index (χ1v) is 12.2. The molecule has 35 heavy (non-hydrogen) atoms. The molecule has 0 amide bonds. The minimum absolute atomic E-state index is 0.154. The summed E-state index contributed by atoms with van der Waals surface area (Å²) in [6, 6.07) is 6.59. The SMILES string of the molecule is COc1nc(N2CC(C)(O)C2)cc(-n2ncc3cc(C)c([C@H]4CCN(C5COC5)C[C@H]4F)cc32)n1. The van der Waals surface area contributed by atoms with Crippen LogP contribution in [0.2, 0.25) is 0 Å². The van der Waals surface area contributed by atoms with Crippen LogP contribution in [0.1, 0.15) is 30.4 Å². The highest BCUT2D eigenvalue weighted by Crippen LogP contribution is 2.36. The smallest absolute Gasteiger partial charge is 0.320 e. The first-order valence-electron chi connectivity index (χ1n) is 12.2. The Morgan fingerprint density at radius 1 is 1.17 bits per heavy atom. The number of nitrogens with zero attached hydrogens (tertiary/aromatic N) is 6. The van der Waals surface area contributed by atoms with Gasteiger partial charge in [-0.05, 0) is 50.1 Å². The summed E-state index contributed by atoms with van der Waals surface area (Å²) in [6.45, 7) is 7.56. The normalized spacial score (nSPS) is 24.9. The highest BCUT2D eigenvalue weighted by Gasteiger charge is 2.38. The van der Waals surface area contributed by atoms with Crippen molar-refractivity contribution >= 4 is 16.7 Å². The van der Waals surface area contributed by atoms with Gasteiger partial charge in [0.15, 0.2) is 5.82 Å².